The maximum atomic E-state index is 5.90. The van der Waals surface area contributed by atoms with E-state index in [1.807, 2.05) is 31.2 Å². The molecule has 6 rings (SSSR count). The molecule has 0 aliphatic carbocycles. The van der Waals surface area contributed by atoms with Crippen molar-refractivity contribution < 1.29 is 14.2 Å². The van der Waals surface area contributed by atoms with E-state index in [4.69, 9.17) is 19.2 Å². The molecule has 1 aromatic heterocycles. The number of rotatable bonds is 10. The van der Waals surface area contributed by atoms with Crippen molar-refractivity contribution in [1.29, 1.82) is 0 Å². The summed E-state index contributed by atoms with van der Waals surface area (Å²) in [5, 5.41) is 0. The lowest BCUT2D eigenvalue weighted by molar-refractivity contribution is 0.171. The molecule has 41 heavy (non-hydrogen) atoms. The number of hydrogen-bond donors (Lipinski definition) is 0. The average Bonchev–Trinajstić information content (AvgIpc) is 3.33. The van der Waals surface area contributed by atoms with Gasteiger partial charge in [0.1, 0.15) is 24.8 Å². The average molecular weight is 546 g/mol. The zero-order valence-corrected chi connectivity index (χ0v) is 23.6. The number of hydrogen-bond acceptors (Lipinski definition) is 5. The smallest absolute Gasteiger partial charge is 0.161 e. The zero-order valence-electron chi connectivity index (χ0n) is 23.6. The number of aromatic nitrogens is 2. The molecule has 0 radical (unpaired) electrons. The number of benzene rings is 4. The van der Waals surface area contributed by atoms with Crippen LogP contribution in [0.25, 0.3) is 22.6 Å². The van der Waals surface area contributed by atoms with Gasteiger partial charge in [-0.25, -0.2) is 4.98 Å². The monoisotopic (exact) mass is 545 g/mol. The van der Waals surface area contributed by atoms with Crippen LogP contribution in [0.1, 0.15) is 23.7 Å². The first-order valence-electron chi connectivity index (χ1n) is 14.2. The van der Waals surface area contributed by atoms with Gasteiger partial charge < -0.3 is 18.8 Å². The predicted molar refractivity (Wildman–Crippen MR) is 162 cm³/mol. The van der Waals surface area contributed by atoms with Crippen molar-refractivity contribution >= 4 is 0 Å². The lowest BCUT2D eigenvalue weighted by atomic mass is 10.1. The topological polar surface area (TPSA) is 48.8 Å². The largest absolute Gasteiger partial charge is 0.494 e. The minimum atomic E-state index is 0.572. The van der Waals surface area contributed by atoms with E-state index in [9.17, 15) is 0 Å². The van der Waals surface area contributed by atoms with Crippen molar-refractivity contribution in [3.8, 4) is 39.9 Å². The van der Waals surface area contributed by atoms with E-state index in [1.165, 1.54) is 11.1 Å². The second-order valence-electron chi connectivity index (χ2n) is 10.2. The molecule has 0 bridgehead atoms. The van der Waals surface area contributed by atoms with Crippen molar-refractivity contribution in [3.63, 3.8) is 0 Å². The Morgan fingerprint density at radius 1 is 0.732 bits per heavy atom. The van der Waals surface area contributed by atoms with E-state index in [0.29, 0.717) is 26.4 Å². The molecule has 0 fully saturated rings. The fraction of sp³-hybridized carbons (Fsp3) is 0.229. The molecule has 1 aliphatic heterocycles. The summed E-state index contributed by atoms with van der Waals surface area (Å²) < 4.78 is 19.7. The second-order valence-corrected chi connectivity index (χ2v) is 10.2. The molecule has 6 nitrogen and oxygen atoms in total. The molecule has 0 spiro atoms. The molecule has 2 heterocycles. The highest BCUT2D eigenvalue weighted by Gasteiger charge is 2.21. The van der Waals surface area contributed by atoms with Crippen LogP contribution >= 0.6 is 0 Å². The van der Waals surface area contributed by atoms with Gasteiger partial charge in [-0.2, -0.15) is 0 Å². The Kier molecular flexibility index (Phi) is 8.01. The quantitative estimate of drug-likeness (QED) is 0.187. The molecule has 1 aliphatic rings. The molecule has 0 unspecified atom stereocenters. The van der Waals surface area contributed by atoms with E-state index in [1.54, 1.807) is 0 Å². The first kappa shape index (κ1) is 26.7. The Morgan fingerprint density at radius 2 is 1.41 bits per heavy atom. The third-order valence-electron chi connectivity index (χ3n) is 7.29. The number of imidazole rings is 1. The van der Waals surface area contributed by atoms with Gasteiger partial charge in [0, 0.05) is 37.8 Å². The molecule has 0 saturated heterocycles. The van der Waals surface area contributed by atoms with Gasteiger partial charge in [0.2, 0.25) is 0 Å². The molecular formula is C35H35N3O3. The van der Waals surface area contributed by atoms with Gasteiger partial charge in [-0.1, -0.05) is 78.9 Å². The van der Waals surface area contributed by atoms with Crippen LogP contribution in [0.3, 0.4) is 0 Å². The Bertz CT molecular complexity index is 1600. The van der Waals surface area contributed by atoms with Crippen LogP contribution in [-0.4, -0.2) is 34.3 Å². The summed E-state index contributed by atoms with van der Waals surface area (Å²) in [6, 6.07) is 35.5. The molecular weight excluding hydrogens is 510 g/mol. The molecule has 208 valence electrons. The van der Waals surface area contributed by atoms with Gasteiger partial charge in [-0.05, 0) is 42.3 Å². The molecule has 0 saturated carbocycles. The number of fused-ring (bicyclic) bond motifs is 1. The SMILES string of the molecule is CCOc1cccc(CN(Cc2ccc3c(c2)OCCO3)Cc2c(-c3ccccc3)nc(-c3ccccc3)n2C)c1. The van der Waals surface area contributed by atoms with Crippen LogP contribution in [0.15, 0.2) is 103 Å². The highest BCUT2D eigenvalue weighted by atomic mass is 16.6. The third kappa shape index (κ3) is 6.13. The van der Waals surface area contributed by atoms with Crippen LogP contribution < -0.4 is 14.2 Å². The van der Waals surface area contributed by atoms with E-state index >= 15 is 0 Å². The summed E-state index contributed by atoms with van der Waals surface area (Å²) in [7, 11) is 2.12. The van der Waals surface area contributed by atoms with Crippen molar-refractivity contribution in [2.45, 2.75) is 26.6 Å². The molecule has 6 heteroatoms. The fourth-order valence-corrected chi connectivity index (χ4v) is 5.37. The summed E-state index contributed by atoms with van der Waals surface area (Å²) in [6.07, 6.45) is 0. The Balaban J connectivity index is 1.39. The van der Waals surface area contributed by atoms with Gasteiger partial charge in [0.05, 0.1) is 18.0 Å². The van der Waals surface area contributed by atoms with Crippen LogP contribution in [0, 0.1) is 0 Å². The summed E-state index contributed by atoms with van der Waals surface area (Å²) in [5.41, 5.74) is 6.73. The number of ether oxygens (including phenoxy) is 3. The van der Waals surface area contributed by atoms with Crippen LogP contribution in [0.5, 0.6) is 17.2 Å². The molecule has 4 aromatic carbocycles. The van der Waals surface area contributed by atoms with E-state index < -0.39 is 0 Å². The van der Waals surface area contributed by atoms with Crippen molar-refractivity contribution in [2.75, 3.05) is 19.8 Å². The summed E-state index contributed by atoms with van der Waals surface area (Å²) in [5.74, 6) is 3.46. The summed E-state index contributed by atoms with van der Waals surface area (Å²) in [4.78, 5) is 7.65. The van der Waals surface area contributed by atoms with Crippen molar-refractivity contribution in [3.05, 3.63) is 120 Å². The zero-order chi connectivity index (χ0) is 28.0. The maximum Gasteiger partial charge on any atom is 0.161 e. The third-order valence-corrected chi connectivity index (χ3v) is 7.29. The van der Waals surface area contributed by atoms with Gasteiger partial charge in [0.15, 0.2) is 11.5 Å². The second kappa shape index (κ2) is 12.3. The first-order chi connectivity index (χ1) is 20.2. The summed E-state index contributed by atoms with van der Waals surface area (Å²) in [6.45, 7) is 5.99. The normalized spacial score (nSPS) is 12.5. The van der Waals surface area contributed by atoms with Crippen molar-refractivity contribution in [1.82, 2.24) is 14.5 Å². The summed E-state index contributed by atoms with van der Waals surface area (Å²) >= 11 is 0. The molecule has 5 aromatic rings. The van der Waals surface area contributed by atoms with Crippen LogP contribution in [-0.2, 0) is 26.7 Å². The Morgan fingerprint density at radius 3 is 2.15 bits per heavy atom. The lowest BCUT2D eigenvalue weighted by Crippen LogP contribution is -2.24. The molecule has 0 atom stereocenters. The Labute approximate surface area is 241 Å². The minimum absolute atomic E-state index is 0.572. The van der Waals surface area contributed by atoms with Gasteiger partial charge in [-0.3, -0.25) is 4.90 Å². The molecule has 0 amide bonds. The number of nitrogens with zero attached hydrogens (tertiary/aromatic N) is 3. The van der Waals surface area contributed by atoms with Crippen molar-refractivity contribution in [2.24, 2.45) is 7.05 Å². The highest BCUT2D eigenvalue weighted by molar-refractivity contribution is 5.68. The maximum absolute atomic E-state index is 5.90. The van der Waals surface area contributed by atoms with E-state index in [0.717, 1.165) is 58.7 Å². The minimum Gasteiger partial charge on any atom is -0.494 e. The fourth-order valence-electron chi connectivity index (χ4n) is 5.37. The Hall–Kier alpha value is -4.55. The predicted octanol–water partition coefficient (Wildman–Crippen LogP) is 7.13. The highest BCUT2D eigenvalue weighted by Crippen LogP contribution is 2.33. The van der Waals surface area contributed by atoms with Crippen LogP contribution in [0.4, 0.5) is 0 Å². The van der Waals surface area contributed by atoms with Gasteiger partial charge in [-0.15, -0.1) is 0 Å². The van der Waals surface area contributed by atoms with E-state index in [2.05, 4.69) is 95.4 Å². The van der Waals surface area contributed by atoms with Gasteiger partial charge in [0.25, 0.3) is 0 Å². The van der Waals surface area contributed by atoms with Gasteiger partial charge >= 0.3 is 0 Å². The standard InChI is InChI=1S/C35H35N3O3/c1-3-39-30-16-10-11-26(21-30)23-38(24-27-17-18-32-33(22-27)41-20-19-40-32)25-31-34(28-12-6-4-7-13-28)36-35(37(31)2)29-14-8-5-9-15-29/h4-18,21-22H,3,19-20,23-25H2,1-2H3. The molecule has 0 N–H and O–H groups in total. The first-order valence-corrected chi connectivity index (χ1v) is 14.2. The van der Waals surface area contributed by atoms with E-state index in [-0.39, 0.29) is 0 Å². The lowest BCUT2D eigenvalue weighted by Gasteiger charge is -2.25. The van der Waals surface area contributed by atoms with Crippen LogP contribution in [0.2, 0.25) is 0 Å².